The molecule has 0 unspecified atom stereocenters. The number of nitrogens with zero attached hydrogens (tertiary/aromatic N) is 4. The maximum atomic E-state index is 5.69. The van der Waals surface area contributed by atoms with Crippen LogP contribution < -0.4 is 5.32 Å². The average molecular weight is 319 g/mol. The highest BCUT2D eigenvalue weighted by atomic mass is 79.9. The molecule has 0 spiro atoms. The molecule has 2 aromatic rings. The van der Waals surface area contributed by atoms with E-state index in [2.05, 4.69) is 41.4 Å². The van der Waals surface area contributed by atoms with Crippen molar-refractivity contribution in [1.82, 2.24) is 20.1 Å². The van der Waals surface area contributed by atoms with Crippen molar-refractivity contribution in [2.75, 3.05) is 11.9 Å². The first kappa shape index (κ1) is 12.3. The molecule has 2 heterocycles. The first-order valence-corrected chi connectivity index (χ1v) is 6.03. The number of nitrogens with one attached hydrogen (secondary N) is 1. The molecule has 2 aromatic heterocycles. The van der Waals surface area contributed by atoms with Crippen molar-refractivity contribution in [3.05, 3.63) is 27.7 Å². The third-order valence-corrected chi connectivity index (χ3v) is 2.69. The first-order valence-electron chi connectivity index (χ1n) is 4.86. The van der Waals surface area contributed by atoms with Crippen LogP contribution in [0, 0.1) is 6.92 Å². The predicted octanol–water partition coefficient (Wildman–Crippen LogP) is 2.24. The van der Waals surface area contributed by atoms with Crippen molar-refractivity contribution in [3.8, 4) is 0 Å². The lowest BCUT2D eigenvalue weighted by atomic mass is 10.4. The van der Waals surface area contributed by atoms with Crippen LogP contribution >= 0.6 is 27.5 Å². The van der Waals surface area contributed by atoms with Gasteiger partial charge in [0, 0.05) is 26.1 Å². The summed E-state index contributed by atoms with van der Waals surface area (Å²) in [5, 5.41) is 7.10. The molecule has 0 saturated carbocycles. The lowest BCUT2D eigenvalue weighted by Gasteiger charge is -2.05. The van der Waals surface area contributed by atoms with Crippen LogP contribution in [0.15, 0.2) is 15.2 Å². The Bertz CT molecular complexity index is 518. The van der Waals surface area contributed by atoms with Gasteiger partial charge in [-0.15, -0.1) is 0 Å². The van der Waals surface area contributed by atoms with Gasteiger partial charge in [-0.25, -0.2) is 4.98 Å². The van der Waals surface area contributed by atoms with Gasteiger partial charge >= 0.3 is 0 Å². The largest absolute Gasteiger partial charge is 0.369 e. The van der Waals surface area contributed by atoms with Gasteiger partial charge in [0.05, 0.1) is 4.47 Å². The predicted molar refractivity (Wildman–Crippen MR) is 66.0 cm³/mol. The minimum Gasteiger partial charge on any atom is -0.369 e. The molecule has 0 amide bonds. The third kappa shape index (κ3) is 3.37. The molecule has 0 radical (unpaired) electrons. The summed E-state index contributed by atoms with van der Waals surface area (Å²) in [6.07, 6.45) is 2.24. The van der Waals surface area contributed by atoms with E-state index in [1.165, 1.54) is 0 Å². The van der Waals surface area contributed by atoms with E-state index in [9.17, 15) is 0 Å². The molecule has 1 N–H and O–H groups in total. The smallest absolute Gasteiger partial charge is 0.224 e. The summed E-state index contributed by atoms with van der Waals surface area (Å²) >= 11 is 9.02. The van der Waals surface area contributed by atoms with Crippen LogP contribution in [0.25, 0.3) is 0 Å². The fourth-order valence-corrected chi connectivity index (χ4v) is 1.67. The Hall–Kier alpha value is -1.21. The van der Waals surface area contributed by atoms with E-state index in [0.29, 0.717) is 30.5 Å². The second-order valence-electron chi connectivity index (χ2n) is 3.24. The number of anilines is 1. The Morgan fingerprint density at radius 2 is 2.29 bits per heavy atom. The Morgan fingerprint density at radius 3 is 3.00 bits per heavy atom. The van der Waals surface area contributed by atoms with E-state index in [0.717, 1.165) is 4.47 Å². The van der Waals surface area contributed by atoms with Gasteiger partial charge in [0.15, 0.2) is 5.82 Å². The van der Waals surface area contributed by atoms with Crippen molar-refractivity contribution in [2.24, 2.45) is 0 Å². The summed E-state index contributed by atoms with van der Waals surface area (Å²) in [7, 11) is 0. The molecule has 0 aromatic carbocycles. The summed E-state index contributed by atoms with van der Waals surface area (Å²) < 4.78 is 5.62. The molecule has 0 bridgehead atoms. The second kappa shape index (κ2) is 5.42. The normalized spacial score (nSPS) is 10.5. The Labute approximate surface area is 111 Å². The van der Waals surface area contributed by atoms with Gasteiger partial charge in [-0.1, -0.05) is 5.16 Å². The zero-order valence-electron chi connectivity index (χ0n) is 8.94. The lowest BCUT2D eigenvalue weighted by Crippen LogP contribution is -2.08. The first-order chi connectivity index (χ1) is 8.15. The SMILES string of the molecule is Cc1nc(CCNc2nc(Cl)ncc2Br)no1. The fraction of sp³-hybridized carbons (Fsp3) is 0.333. The van der Waals surface area contributed by atoms with Crippen molar-refractivity contribution < 1.29 is 4.52 Å². The average Bonchev–Trinajstić information content (AvgIpc) is 2.69. The number of aromatic nitrogens is 4. The lowest BCUT2D eigenvalue weighted by molar-refractivity contribution is 0.387. The van der Waals surface area contributed by atoms with Gasteiger partial charge in [-0.3, -0.25) is 0 Å². The van der Waals surface area contributed by atoms with Gasteiger partial charge < -0.3 is 9.84 Å². The zero-order chi connectivity index (χ0) is 12.3. The van der Waals surface area contributed by atoms with Crippen LogP contribution in [0.3, 0.4) is 0 Å². The summed E-state index contributed by atoms with van der Waals surface area (Å²) in [5.74, 6) is 1.86. The highest BCUT2D eigenvalue weighted by molar-refractivity contribution is 9.10. The fourth-order valence-electron chi connectivity index (χ4n) is 1.21. The summed E-state index contributed by atoms with van der Waals surface area (Å²) in [6, 6.07) is 0. The Kier molecular flexibility index (Phi) is 3.90. The van der Waals surface area contributed by atoms with Gasteiger partial charge in [0.25, 0.3) is 0 Å². The van der Waals surface area contributed by atoms with Crippen LogP contribution in [0.2, 0.25) is 5.28 Å². The number of hydrogen-bond acceptors (Lipinski definition) is 6. The number of halogens is 2. The highest BCUT2D eigenvalue weighted by Crippen LogP contribution is 2.19. The topological polar surface area (TPSA) is 76.7 Å². The van der Waals surface area contributed by atoms with Gasteiger partial charge in [0.1, 0.15) is 5.82 Å². The standard InChI is InChI=1S/C9H9BrClN5O/c1-5-14-7(16-17-5)2-3-12-8-6(10)4-13-9(11)15-8/h4H,2-3H2,1H3,(H,12,13,15). The molecular weight excluding hydrogens is 309 g/mol. The molecule has 0 atom stereocenters. The molecule has 0 fully saturated rings. The molecule has 8 heteroatoms. The Morgan fingerprint density at radius 1 is 1.47 bits per heavy atom. The zero-order valence-corrected chi connectivity index (χ0v) is 11.3. The molecule has 0 aliphatic heterocycles. The van der Waals surface area contributed by atoms with Crippen LogP contribution in [0.4, 0.5) is 5.82 Å². The highest BCUT2D eigenvalue weighted by Gasteiger charge is 2.05. The van der Waals surface area contributed by atoms with Crippen molar-refractivity contribution in [2.45, 2.75) is 13.3 Å². The summed E-state index contributed by atoms with van der Waals surface area (Å²) in [5.41, 5.74) is 0. The number of hydrogen-bond donors (Lipinski definition) is 1. The van der Waals surface area contributed by atoms with E-state index in [1.54, 1.807) is 13.1 Å². The van der Waals surface area contributed by atoms with Crippen LogP contribution in [0.1, 0.15) is 11.7 Å². The third-order valence-electron chi connectivity index (χ3n) is 1.93. The van der Waals surface area contributed by atoms with E-state index in [4.69, 9.17) is 16.1 Å². The van der Waals surface area contributed by atoms with E-state index in [1.807, 2.05) is 0 Å². The minimum absolute atomic E-state index is 0.200. The second-order valence-corrected chi connectivity index (χ2v) is 4.43. The number of rotatable bonds is 4. The van der Waals surface area contributed by atoms with Crippen molar-refractivity contribution >= 4 is 33.3 Å². The minimum atomic E-state index is 0.200. The van der Waals surface area contributed by atoms with Gasteiger partial charge in [0.2, 0.25) is 11.2 Å². The molecule has 0 saturated heterocycles. The van der Waals surface area contributed by atoms with Crippen molar-refractivity contribution in [3.63, 3.8) is 0 Å². The van der Waals surface area contributed by atoms with E-state index < -0.39 is 0 Å². The van der Waals surface area contributed by atoms with Crippen LogP contribution in [-0.2, 0) is 6.42 Å². The summed E-state index contributed by atoms with van der Waals surface area (Å²) in [4.78, 5) is 12.0. The van der Waals surface area contributed by atoms with Gasteiger partial charge in [-0.05, 0) is 27.5 Å². The molecule has 90 valence electrons. The number of aryl methyl sites for hydroxylation is 1. The van der Waals surface area contributed by atoms with E-state index in [-0.39, 0.29) is 5.28 Å². The molecule has 6 nitrogen and oxygen atoms in total. The van der Waals surface area contributed by atoms with E-state index >= 15 is 0 Å². The Balaban J connectivity index is 1.91. The maximum absolute atomic E-state index is 5.69. The van der Waals surface area contributed by atoms with Gasteiger partial charge in [-0.2, -0.15) is 9.97 Å². The molecular formula is C9H9BrClN5O. The summed E-state index contributed by atoms with van der Waals surface area (Å²) in [6.45, 7) is 2.38. The molecule has 17 heavy (non-hydrogen) atoms. The molecule has 0 aliphatic rings. The molecule has 0 aliphatic carbocycles. The van der Waals surface area contributed by atoms with Crippen LogP contribution in [-0.4, -0.2) is 26.7 Å². The maximum Gasteiger partial charge on any atom is 0.224 e. The quantitative estimate of drug-likeness (QED) is 0.871. The van der Waals surface area contributed by atoms with Crippen molar-refractivity contribution in [1.29, 1.82) is 0 Å². The monoisotopic (exact) mass is 317 g/mol. The molecule has 2 rings (SSSR count). The van der Waals surface area contributed by atoms with Crippen LogP contribution in [0.5, 0.6) is 0 Å².